The molecule has 0 aliphatic carbocycles. The minimum atomic E-state index is -0.554. The van der Waals surface area contributed by atoms with Crippen LogP contribution >= 0.6 is 0 Å². The zero-order chi connectivity index (χ0) is 19.6. The lowest BCUT2D eigenvalue weighted by atomic mass is 10.1. The molecular formula is C21H26N2O4. The molecule has 0 aliphatic heterocycles. The number of hydrogen-bond acceptors (Lipinski definition) is 4. The van der Waals surface area contributed by atoms with Gasteiger partial charge in [0.05, 0.1) is 7.11 Å². The van der Waals surface area contributed by atoms with Crippen molar-refractivity contribution in [2.45, 2.75) is 25.9 Å². The molecule has 0 aromatic heterocycles. The Bertz CT molecular complexity index is 732. The average Bonchev–Trinajstić information content (AvgIpc) is 2.72. The number of carbonyl (C=O) groups excluding carboxylic acids is 2. The van der Waals surface area contributed by atoms with Crippen LogP contribution in [0.5, 0.6) is 11.5 Å². The molecule has 1 atom stereocenters. The van der Waals surface area contributed by atoms with Crippen LogP contribution in [0.25, 0.3) is 0 Å². The average molecular weight is 370 g/mol. The first-order valence-corrected chi connectivity index (χ1v) is 8.90. The van der Waals surface area contributed by atoms with E-state index in [1.54, 1.807) is 43.3 Å². The second-order valence-electron chi connectivity index (χ2n) is 6.01. The normalized spacial score (nSPS) is 11.4. The van der Waals surface area contributed by atoms with Crippen LogP contribution in [0.1, 0.15) is 18.9 Å². The van der Waals surface area contributed by atoms with Gasteiger partial charge in [0.2, 0.25) is 5.91 Å². The number of benzene rings is 2. The van der Waals surface area contributed by atoms with Gasteiger partial charge in [-0.2, -0.15) is 0 Å². The largest absolute Gasteiger partial charge is 0.497 e. The number of methoxy groups -OCH3 is 1. The maximum Gasteiger partial charge on any atom is 0.261 e. The maximum absolute atomic E-state index is 12.9. The van der Waals surface area contributed by atoms with Crippen LogP contribution in [0.4, 0.5) is 0 Å². The molecule has 2 amide bonds. The fourth-order valence-electron chi connectivity index (χ4n) is 2.77. The molecule has 0 saturated carbocycles. The fourth-order valence-corrected chi connectivity index (χ4v) is 2.77. The highest BCUT2D eigenvalue weighted by atomic mass is 16.5. The minimum Gasteiger partial charge on any atom is -0.497 e. The first-order chi connectivity index (χ1) is 13.1. The number of hydrogen-bond donors (Lipinski definition) is 1. The zero-order valence-electron chi connectivity index (χ0n) is 16.0. The van der Waals surface area contributed by atoms with Crippen molar-refractivity contribution < 1.29 is 19.1 Å². The Balaban J connectivity index is 2.12. The Labute approximate surface area is 160 Å². The summed E-state index contributed by atoms with van der Waals surface area (Å²) in [5.74, 6) is 0.846. The van der Waals surface area contributed by atoms with E-state index in [4.69, 9.17) is 9.47 Å². The second kappa shape index (κ2) is 10.2. The third-order valence-corrected chi connectivity index (χ3v) is 4.25. The van der Waals surface area contributed by atoms with Crippen molar-refractivity contribution in [3.63, 3.8) is 0 Å². The summed E-state index contributed by atoms with van der Waals surface area (Å²) in [6.45, 7) is 2.08. The number of amides is 2. The van der Waals surface area contributed by atoms with Gasteiger partial charge in [0.1, 0.15) is 17.5 Å². The quantitative estimate of drug-likeness (QED) is 0.737. The molecule has 0 fully saturated rings. The summed E-state index contributed by atoms with van der Waals surface area (Å²) >= 11 is 0. The van der Waals surface area contributed by atoms with Crippen LogP contribution in [0.2, 0.25) is 0 Å². The van der Waals surface area contributed by atoms with Gasteiger partial charge in [0.15, 0.2) is 6.61 Å². The smallest absolute Gasteiger partial charge is 0.261 e. The third-order valence-electron chi connectivity index (χ3n) is 4.25. The molecule has 0 heterocycles. The van der Waals surface area contributed by atoms with Crippen molar-refractivity contribution in [2.75, 3.05) is 20.8 Å². The number of nitrogens with one attached hydrogen (secondary N) is 1. The summed E-state index contributed by atoms with van der Waals surface area (Å²) in [4.78, 5) is 26.7. The molecule has 1 N–H and O–H groups in total. The van der Waals surface area contributed by atoms with Crippen LogP contribution in [0, 0.1) is 0 Å². The van der Waals surface area contributed by atoms with Gasteiger partial charge in [-0.25, -0.2) is 0 Å². The Hall–Kier alpha value is -3.02. The van der Waals surface area contributed by atoms with E-state index in [0.717, 1.165) is 5.56 Å². The molecule has 1 unspecified atom stereocenters. The van der Waals surface area contributed by atoms with E-state index in [-0.39, 0.29) is 18.4 Å². The van der Waals surface area contributed by atoms with Crippen molar-refractivity contribution in [3.05, 3.63) is 60.2 Å². The molecule has 0 aliphatic rings. The van der Waals surface area contributed by atoms with Gasteiger partial charge in [0, 0.05) is 13.6 Å². The van der Waals surface area contributed by atoms with Gasteiger partial charge < -0.3 is 19.7 Å². The molecule has 2 aromatic rings. The molecule has 0 bridgehead atoms. The highest BCUT2D eigenvalue weighted by molar-refractivity contribution is 5.88. The minimum absolute atomic E-state index is 0.146. The summed E-state index contributed by atoms with van der Waals surface area (Å²) in [6, 6.07) is 16.1. The van der Waals surface area contributed by atoms with Gasteiger partial charge in [-0.1, -0.05) is 37.3 Å². The lowest BCUT2D eigenvalue weighted by Gasteiger charge is -2.30. The number of carbonyl (C=O) groups is 2. The summed E-state index contributed by atoms with van der Waals surface area (Å²) in [5, 5.41) is 2.64. The summed E-state index contributed by atoms with van der Waals surface area (Å²) in [7, 11) is 3.16. The number of nitrogens with zero attached hydrogens (tertiary/aromatic N) is 1. The molecule has 0 spiro atoms. The van der Waals surface area contributed by atoms with Crippen LogP contribution in [0.3, 0.4) is 0 Å². The summed E-state index contributed by atoms with van der Waals surface area (Å²) in [5.41, 5.74) is 0.956. The molecule has 2 aromatic carbocycles. The van der Waals surface area contributed by atoms with E-state index in [1.807, 2.05) is 37.3 Å². The SMILES string of the molecule is CCC(C(=O)NC)N(Cc1ccccc1)C(=O)COc1ccc(OC)cc1. The third kappa shape index (κ3) is 5.74. The fraction of sp³-hybridized carbons (Fsp3) is 0.333. The molecule has 0 saturated heterocycles. The maximum atomic E-state index is 12.9. The van der Waals surface area contributed by atoms with Crippen LogP contribution < -0.4 is 14.8 Å². The Kier molecular flexibility index (Phi) is 7.67. The molecule has 6 nitrogen and oxygen atoms in total. The van der Waals surface area contributed by atoms with E-state index < -0.39 is 6.04 Å². The number of rotatable bonds is 9. The molecule has 27 heavy (non-hydrogen) atoms. The standard InChI is InChI=1S/C21H26N2O4/c1-4-19(21(25)22-2)23(14-16-8-6-5-7-9-16)20(24)15-27-18-12-10-17(26-3)11-13-18/h5-13,19H,4,14-15H2,1-3H3,(H,22,25). The molecular weight excluding hydrogens is 344 g/mol. The predicted octanol–water partition coefficient (Wildman–Crippen LogP) is 2.63. The van der Waals surface area contributed by atoms with E-state index in [0.29, 0.717) is 24.5 Å². The van der Waals surface area contributed by atoms with Crippen molar-refractivity contribution in [1.82, 2.24) is 10.2 Å². The Morgan fingerprint density at radius 1 is 1.04 bits per heavy atom. The highest BCUT2D eigenvalue weighted by Gasteiger charge is 2.28. The topological polar surface area (TPSA) is 67.9 Å². The van der Waals surface area contributed by atoms with Gasteiger partial charge >= 0.3 is 0 Å². The Morgan fingerprint density at radius 2 is 1.67 bits per heavy atom. The van der Waals surface area contributed by atoms with E-state index in [9.17, 15) is 9.59 Å². The first-order valence-electron chi connectivity index (χ1n) is 8.90. The first kappa shape index (κ1) is 20.3. The van der Waals surface area contributed by atoms with Crippen LogP contribution in [0.15, 0.2) is 54.6 Å². The zero-order valence-corrected chi connectivity index (χ0v) is 16.0. The Morgan fingerprint density at radius 3 is 2.22 bits per heavy atom. The van der Waals surface area contributed by atoms with Crippen LogP contribution in [-0.2, 0) is 16.1 Å². The molecule has 6 heteroatoms. The van der Waals surface area contributed by atoms with Gasteiger partial charge in [-0.15, -0.1) is 0 Å². The summed E-state index contributed by atoms with van der Waals surface area (Å²) < 4.78 is 10.7. The molecule has 144 valence electrons. The predicted molar refractivity (Wildman–Crippen MR) is 104 cm³/mol. The van der Waals surface area contributed by atoms with Crippen molar-refractivity contribution >= 4 is 11.8 Å². The van der Waals surface area contributed by atoms with Crippen molar-refractivity contribution in [2.24, 2.45) is 0 Å². The van der Waals surface area contributed by atoms with Gasteiger partial charge in [-0.05, 0) is 36.2 Å². The van der Waals surface area contributed by atoms with Crippen molar-refractivity contribution in [1.29, 1.82) is 0 Å². The van der Waals surface area contributed by atoms with E-state index in [2.05, 4.69) is 5.32 Å². The monoisotopic (exact) mass is 370 g/mol. The van der Waals surface area contributed by atoms with Crippen molar-refractivity contribution in [3.8, 4) is 11.5 Å². The molecule has 0 radical (unpaired) electrons. The highest BCUT2D eigenvalue weighted by Crippen LogP contribution is 2.18. The lowest BCUT2D eigenvalue weighted by Crippen LogP contribution is -2.49. The number of ether oxygens (including phenoxy) is 2. The second-order valence-corrected chi connectivity index (χ2v) is 6.01. The molecule has 2 rings (SSSR count). The lowest BCUT2D eigenvalue weighted by molar-refractivity contribution is -0.142. The van der Waals surface area contributed by atoms with Gasteiger partial charge in [0.25, 0.3) is 5.91 Å². The van der Waals surface area contributed by atoms with E-state index in [1.165, 1.54) is 0 Å². The van der Waals surface area contributed by atoms with Gasteiger partial charge in [-0.3, -0.25) is 9.59 Å². The van der Waals surface area contributed by atoms with Crippen LogP contribution in [-0.4, -0.2) is 43.5 Å². The summed E-state index contributed by atoms with van der Waals surface area (Å²) in [6.07, 6.45) is 0.515. The number of likely N-dealkylation sites (N-methyl/N-ethyl adjacent to an activating group) is 1. The van der Waals surface area contributed by atoms with E-state index >= 15 is 0 Å².